The van der Waals surface area contributed by atoms with Gasteiger partial charge in [0.2, 0.25) is 0 Å². The maximum atomic E-state index is 13.2. The molecule has 2 aromatic rings. The molecule has 164 valence electrons. The Balaban J connectivity index is 1.58. The van der Waals surface area contributed by atoms with Crippen molar-refractivity contribution < 1.29 is 14.3 Å². The lowest BCUT2D eigenvalue weighted by atomic mass is 10.0. The van der Waals surface area contributed by atoms with Gasteiger partial charge < -0.3 is 9.64 Å². The van der Waals surface area contributed by atoms with Crippen molar-refractivity contribution in [3.63, 3.8) is 0 Å². The van der Waals surface area contributed by atoms with Gasteiger partial charge in [-0.3, -0.25) is 14.5 Å². The van der Waals surface area contributed by atoms with Crippen molar-refractivity contribution in [3.05, 3.63) is 50.2 Å². The number of nitrogens with zero attached hydrogens (tertiary/aromatic N) is 3. The van der Waals surface area contributed by atoms with Gasteiger partial charge in [-0.2, -0.15) is 0 Å². The standard InChI is InChI=1S/C25H24IN3O3/c1-3-4-23(30)29(21-11-15(2)20(26)12-19(21)16-5-6-16)22-8-7-17-13-28(18-9-10-32-14-18)25(31)24(17)27-22/h7-8,11-12,16,18H,5-6,9-10,13-14H2,1-2H3/t18-/m0/s1. The number of carbonyl (C=O) groups excluding carboxylic acids is 2. The molecular formula is C25H24IN3O3. The molecule has 2 aliphatic heterocycles. The first-order chi connectivity index (χ1) is 15.5. The topological polar surface area (TPSA) is 62.7 Å². The first-order valence-electron chi connectivity index (χ1n) is 10.9. The second kappa shape index (κ2) is 8.49. The van der Waals surface area contributed by atoms with Gasteiger partial charge in [0.1, 0.15) is 11.5 Å². The van der Waals surface area contributed by atoms with E-state index in [1.54, 1.807) is 11.8 Å². The van der Waals surface area contributed by atoms with Gasteiger partial charge in [0, 0.05) is 22.3 Å². The number of carbonyl (C=O) groups is 2. The molecule has 2 fully saturated rings. The third-order valence-electron chi connectivity index (χ3n) is 6.34. The molecule has 1 saturated carbocycles. The molecule has 0 radical (unpaired) electrons. The van der Waals surface area contributed by atoms with E-state index in [0.717, 1.165) is 41.6 Å². The lowest BCUT2D eigenvalue weighted by molar-refractivity contribution is -0.112. The molecular weight excluding hydrogens is 517 g/mol. The lowest BCUT2D eigenvalue weighted by Gasteiger charge is -2.24. The van der Waals surface area contributed by atoms with Crippen LogP contribution in [-0.4, -0.2) is 41.0 Å². The molecule has 3 aliphatic rings. The molecule has 3 heterocycles. The summed E-state index contributed by atoms with van der Waals surface area (Å²) >= 11 is 2.34. The van der Waals surface area contributed by atoms with Gasteiger partial charge in [-0.05, 0) is 96.9 Å². The van der Waals surface area contributed by atoms with E-state index < -0.39 is 0 Å². The summed E-state index contributed by atoms with van der Waals surface area (Å²) in [6.45, 7) is 5.47. The zero-order valence-corrected chi connectivity index (χ0v) is 20.3. The van der Waals surface area contributed by atoms with E-state index in [2.05, 4.69) is 40.5 Å². The summed E-state index contributed by atoms with van der Waals surface area (Å²) in [6, 6.07) is 8.05. The molecule has 1 aromatic heterocycles. The number of anilines is 2. The number of hydrogen-bond donors (Lipinski definition) is 0. The molecule has 0 N–H and O–H groups in total. The Hall–Kier alpha value is -2.44. The molecule has 7 heteroatoms. The van der Waals surface area contributed by atoms with E-state index in [-0.39, 0.29) is 17.9 Å². The SMILES string of the molecule is CC#CC(=O)N(c1ccc2c(n1)C(=O)N([C@H]1CCOC1)C2)c1cc(C)c(I)cc1C1CC1. The summed E-state index contributed by atoms with van der Waals surface area (Å²) in [5.41, 5.74) is 4.37. The average molecular weight is 541 g/mol. The first kappa shape index (κ1) is 21.4. The highest BCUT2D eigenvalue weighted by molar-refractivity contribution is 14.1. The van der Waals surface area contributed by atoms with Gasteiger partial charge >= 0.3 is 5.91 Å². The van der Waals surface area contributed by atoms with Crippen LogP contribution in [0.2, 0.25) is 0 Å². The molecule has 1 aromatic carbocycles. The molecule has 0 unspecified atom stereocenters. The molecule has 1 aliphatic carbocycles. The lowest BCUT2D eigenvalue weighted by Crippen LogP contribution is -2.36. The largest absolute Gasteiger partial charge is 0.379 e. The zero-order valence-electron chi connectivity index (χ0n) is 18.2. The molecule has 0 spiro atoms. The number of ether oxygens (including phenoxy) is 1. The molecule has 1 atom stereocenters. The molecule has 0 bridgehead atoms. The molecule has 32 heavy (non-hydrogen) atoms. The normalized spacial score (nSPS) is 19.5. The average Bonchev–Trinajstić information content (AvgIpc) is 3.37. The number of amides is 2. The number of halogens is 1. The van der Waals surface area contributed by atoms with Crippen LogP contribution < -0.4 is 4.90 Å². The molecule has 2 amide bonds. The summed E-state index contributed by atoms with van der Waals surface area (Å²) in [5.74, 6) is 5.86. The van der Waals surface area contributed by atoms with Crippen molar-refractivity contribution in [3.8, 4) is 11.8 Å². The minimum Gasteiger partial charge on any atom is -0.379 e. The minimum atomic E-state index is -0.339. The summed E-state index contributed by atoms with van der Waals surface area (Å²) < 4.78 is 6.65. The second-order valence-electron chi connectivity index (χ2n) is 8.58. The highest BCUT2D eigenvalue weighted by atomic mass is 127. The van der Waals surface area contributed by atoms with Gasteiger partial charge in [-0.15, -0.1) is 0 Å². The number of aryl methyl sites for hydroxylation is 1. The predicted octanol–water partition coefficient (Wildman–Crippen LogP) is 4.30. The number of hydrogen-bond acceptors (Lipinski definition) is 4. The maximum absolute atomic E-state index is 13.2. The van der Waals surface area contributed by atoms with E-state index in [1.165, 1.54) is 3.57 Å². The Morgan fingerprint density at radius 2 is 2.09 bits per heavy atom. The third kappa shape index (κ3) is 3.80. The van der Waals surface area contributed by atoms with Crippen LogP contribution in [0, 0.1) is 22.3 Å². The Bertz CT molecular complexity index is 1170. The van der Waals surface area contributed by atoms with Gasteiger partial charge in [0.15, 0.2) is 0 Å². The van der Waals surface area contributed by atoms with Crippen molar-refractivity contribution in [2.24, 2.45) is 0 Å². The van der Waals surface area contributed by atoms with Crippen molar-refractivity contribution >= 4 is 45.9 Å². The highest BCUT2D eigenvalue weighted by Gasteiger charge is 2.37. The van der Waals surface area contributed by atoms with Gasteiger partial charge in [-0.25, -0.2) is 4.98 Å². The molecule has 5 rings (SSSR count). The fourth-order valence-electron chi connectivity index (χ4n) is 4.47. The van der Waals surface area contributed by atoms with Gasteiger partial charge in [-0.1, -0.05) is 12.0 Å². The first-order valence-corrected chi connectivity index (χ1v) is 12.0. The number of fused-ring (bicyclic) bond motifs is 1. The quantitative estimate of drug-likeness (QED) is 0.428. The van der Waals surface area contributed by atoms with Crippen LogP contribution >= 0.6 is 22.6 Å². The number of pyridine rings is 1. The fourth-order valence-corrected chi connectivity index (χ4v) is 4.96. The minimum absolute atomic E-state index is 0.0872. The van der Waals surface area contributed by atoms with Crippen molar-refractivity contribution in [2.45, 2.75) is 51.6 Å². The van der Waals surface area contributed by atoms with E-state index in [9.17, 15) is 9.59 Å². The Morgan fingerprint density at radius 1 is 1.28 bits per heavy atom. The zero-order chi connectivity index (χ0) is 22.4. The second-order valence-corrected chi connectivity index (χ2v) is 9.74. The number of benzene rings is 1. The predicted molar refractivity (Wildman–Crippen MR) is 130 cm³/mol. The van der Waals surface area contributed by atoms with E-state index >= 15 is 0 Å². The molecule has 1 saturated heterocycles. The van der Waals surface area contributed by atoms with E-state index in [4.69, 9.17) is 9.72 Å². The van der Waals surface area contributed by atoms with Crippen LogP contribution in [-0.2, 0) is 16.1 Å². The van der Waals surface area contributed by atoms with Gasteiger partial charge in [0.05, 0.1) is 18.3 Å². The summed E-state index contributed by atoms with van der Waals surface area (Å²) in [6.07, 6.45) is 3.07. The van der Waals surface area contributed by atoms with Gasteiger partial charge in [0.25, 0.3) is 5.91 Å². The summed E-state index contributed by atoms with van der Waals surface area (Å²) in [5, 5.41) is 0. The van der Waals surface area contributed by atoms with Crippen LogP contribution in [0.15, 0.2) is 24.3 Å². The molecule has 6 nitrogen and oxygen atoms in total. The maximum Gasteiger partial charge on any atom is 0.308 e. The monoisotopic (exact) mass is 541 g/mol. The van der Waals surface area contributed by atoms with Crippen LogP contribution in [0.5, 0.6) is 0 Å². The Kier molecular flexibility index (Phi) is 5.68. The van der Waals surface area contributed by atoms with E-state index in [0.29, 0.717) is 37.2 Å². The Morgan fingerprint density at radius 3 is 2.78 bits per heavy atom. The Labute approximate surface area is 201 Å². The van der Waals surface area contributed by atoms with Crippen LogP contribution in [0.4, 0.5) is 11.5 Å². The highest BCUT2D eigenvalue weighted by Crippen LogP contribution is 2.46. The van der Waals surface area contributed by atoms with Crippen molar-refractivity contribution in [2.75, 3.05) is 18.1 Å². The fraction of sp³-hybridized carbons (Fsp3) is 0.400. The van der Waals surface area contributed by atoms with Crippen molar-refractivity contribution in [1.82, 2.24) is 9.88 Å². The smallest absolute Gasteiger partial charge is 0.308 e. The van der Waals surface area contributed by atoms with Crippen LogP contribution in [0.3, 0.4) is 0 Å². The van der Waals surface area contributed by atoms with Crippen LogP contribution in [0.1, 0.15) is 59.3 Å². The van der Waals surface area contributed by atoms with E-state index in [1.807, 2.05) is 30.0 Å². The van der Waals surface area contributed by atoms with Crippen LogP contribution in [0.25, 0.3) is 0 Å². The summed E-state index contributed by atoms with van der Waals surface area (Å²) in [7, 11) is 0. The summed E-state index contributed by atoms with van der Waals surface area (Å²) in [4.78, 5) is 34.5. The number of aromatic nitrogens is 1. The third-order valence-corrected chi connectivity index (χ3v) is 7.51. The van der Waals surface area contributed by atoms with Crippen molar-refractivity contribution in [1.29, 1.82) is 0 Å². The number of rotatable bonds is 4.